The maximum Gasteiger partial charge on any atom is 0.337 e. The zero-order chi connectivity index (χ0) is 21.2. The van der Waals surface area contributed by atoms with Gasteiger partial charge in [0.2, 0.25) is 10.0 Å². The number of nitrogens with one attached hydrogen (secondary N) is 1. The molecule has 0 saturated carbocycles. The minimum Gasteiger partial charge on any atom is -0.465 e. The van der Waals surface area contributed by atoms with Crippen molar-refractivity contribution in [3.05, 3.63) is 58.9 Å². The van der Waals surface area contributed by atoms with Crippen molar-refractivity contribution in [2.75, 3.05) is 20.0 Å². The molecule has 29 heavy (non-hydrogen) atoms. The van der Waals surface area contributed by atoms with Crippen LogP contribution in [0.25, 0.3) is 0 Å². The molecule has 0 aromatic heterocycles. The summed E-state index contributed by atoms with van der Waals surface area (Å²) in [4.78, 5) is 23.9. The lowest BCUT2D eigenvalue weighted by molar-refractivity contribution is 0.0598. The van der Waals surface area contributed by atoms with Crippen LogP contribution in [0.15, 0.2) is 46.2 Å². The van der Waals surface area contributed by atoms with Gasteiger partial charge in [-0.1, -0.05) is 12.1 Å². The Balaban J connectivity index is 2.01. The molecule has 10 heteroatoms. The normalized spacial score (nSPS) is 16.0. The standard InChI is InChI=1S/C19H18FNO6S2/c1-26-18(22)11-8-12(19(23)27-2)10-13(9-11)29(24,25)21-16-6-7-28-17-14(16)4-3-5-15(17)20/h3-5,8-10,16,21H,6-7H2,1-2H3/t16-/m1/s1. The molecule has 0 aliphatic carbocycles. The molecule has 2 aromatic rings. The summed E-state index contributed by atoms with van der Waals surface area (Å²) in [6, 6.07) is 7.30. The highest BCUT2D eigenvalue weighted by Crippen LogP contribution is 2.38. The highest BCUT2D eigenvalue weighted by molar-refractivity contribution is 7.99. The molecule has 0 saturated heterocycles. The predicted octanol–water partition coefficient (Wildman–Crippen LogP) is 2.91. The number of carbonyl (C=O) groups excluding carboxylic acids is 2. The third-order valence-corrected chi connectivity index (χ3v) is 6.99. The molecule has 0 amide bonds. The fourth-order valence-corrected chi connectivity index (χ4v) is 5.45. The van der Waals surface area contributed by atoms with Gasteiger partial charge in [0, 0.05) is 10.9 Å². The van der Waals surface area contributed by atoms with Gasteiger partial charge >= 0.3 is 11.9 Å². The number of fused-ring (bicyclic) bond motifs is 1. The second-order valence-corrected chi connectivity index (χ2v) is 9.02. The first-order valence-electron chi connectivity index (χ1n) is 8.52. The molecule has 1 heterocycles. The van der Waals surface area contributed by atoms with Crippen molar-refractivity contribution in [1.29, 1.82) is 0 Å². The molecule has 0 bridgehead atoms. The maximum atomic E-state index is 14.1. The van der Waals surface area contributed by atoms with E-state index in [1.54, 1.807) is 6.07 Å². The van der Waals surface area contributed by atoms with Crippen molar-refractivity contribution in [3.63, 3.8) is 0 Å². The van der Waals surface area contributed by atoms with Gasteiger partial charge in [-0.15, -0.1) is 11.8 Å². The van der Waals surface area contributed by atoms with Gasteiger partial charge in [0.05, 0.1) is 30.2 Å². The molecule has 7 nitrogen and oxygen atoms in total. The first-order chi connectivity index (χ1) is 13.8. The van der Waals surface area contributed by atoms with Gasteiger partial charge in [0.1, 0.15) is 5.82 Å². The Morgan fingerprint density at radius 1 is 1.10 bits per heavy atom. The van der Waals surface area contributed by atoms with Crippen LogP contribution in [0, 0.1) is 5.82 Å². The molecule has 1 aliphatic rings. The first kappa shape index (κ1) is 21.3. The van der Waals surface area contributed by atoms with Gasteiger partial charge in [-0.3, -0.25) is 0 Å². The average Bonchev–Trinajstić information content (AvgIpc) is 2.72. The number of rotatable bonds is 5. The summed E-state index contributed by atoms with van der Waals surface area (Å²) >= 11 is 1.33. The van der Waals surface area contributed by atoms with Crippen LogP contribution in [0.5, 0.6) is 0 Å². The number of hydrogen-bond donors (Lipinski definition) is 1. The Morgan fingerprint density at radius 2 is 1.72 bits per heavy atom. The van der Waals surface area contributed by atoms with E-state index in [0.29, 0.717) is 22.6 Å². The second kappa shape index (κ2) is 8.52. The summed E-state index contributed by atoms with van der Waals surface area (Å²) in [7, 11) is -1.85. The van der Waals surface area contributed by atoms with Gasteiger partial charge in [-0.05, 0) is 42.0 Å². The summed E-state index contributed by atoms with van der Waals surface area (Å²) in [5.41, 5.74) is 0.324. The van der Waals surface area contributed by atoms with E-state index in [-0.39, 0.29) is 16.0 Å². The van der Waals surface area contributed by atoms with Crippen molar-refractivity contribution in [2.24, 2.45) is 0 Å². The number of ether oxygens (including phenoxy) is 2. The largest absolute Gasteiger partial charge is 0.465 e. The van der Waals surface area contributed by atoms with Crippen LogP contribution in [0.4, 0.5) is 4.39 Å². The van der Waals surface area contributed by atoms with E-state index in [1.165, 1.54) is 30.0 Å². The van der Waals surface area contributed by atoms with Gasteiger partial charge in [-0.2, -0.15) is 0 Å². The van der Waals surface area contributed by atoms with Gasteiger partial charge in [-0.25, -0.2) is 27.1 Å². The van der Waals surface area contributed by atoms with Crippen molar-refractivity contribution in [1.82, 2.24) is 4.72 Å². The molecule has 0 unspecified atom stereocenters. The number of carbonyl (C=O) groups is 2. The van der Waals surface area contributed by atoms with Crippen LogP contribution >= 0.6 is 11.8 Å². The number of thioether (sulfide) groups is 1. The highest BCUT2D eigenvalue weighted by Gasteiger charge is 2.29. The third kappa shape index (κ3) is 4.44. The molecule has 1 atom stereocenters. The molecule has 0 fully saturated rings. The van der Waals surface area contributed by atoms with Gasteiger partial charge in [0.15, 0.2) is 0 Å². The van der Waals surface area contributed by atoms with Crippen LogP contribution in [0.1, 0.15) is 38.7 Å². The summed E-state index contributed by atoms with van der Waals surface area (Å²) in [5.74, 6) is -1.46. The Hall–Kier alpha value is -2.43. The summed E-state index contributed by atoms with van der Waals surface area (Å²) in [5, 5.41) is 0. The van der Waals surface area contributed by atoms with E-state index < -0.39 is 33.8 Å². The van der Waals surface area contributed by atoms with Crippen LogP contribution in [-0.2, 0) is 19.5 Å². The SMILES string of the molecule is COC(=O)c1cc(C(=O)OC)cc(S(=O)(=O)N[C@@H]2CCSc3c(F)cccc32)c1. The molecule has 2 aromatic carbocycles. The fraction of sp³-hybridized carbons (Fsp3) is 0.263. The zero-order valence-corrected chi connectivity index (χ0v) is 17.2. The lowest BCUT2D eigenvalue weighted by Crippen LogP contribution is -2.31. The van der Waals surface area contributed by atoms with Crippen LogP contribution in [0.2, 0.25) is 0 Å². The van der Waals surface area contributed by atoms with Gasteiger partial charge < -0.3 is 9.47 Å². The lowest BCUT2D eigenvalue weighted by atomic mass is 10.0. The maximum absolute atomic E-state index is 14.1. The molecule has 1 N–H and O–H groups in total. The fourth-order valence-electron chi connectivity index (χ4n) is 2.99. The van der Waals surface area contributed by atoms with E-state index in [9.17, 15) is 22.4 Å². The Labute approximate surface area is 171 Å². The summed E-state index contributed by atoms with van der Waals surface area (Å²) in [6.07, 6.45) is 0.459. The minimum absolute atomic E-state index is 0.110. The van der Waals surface area contributed by atoms with E-state index in [0.717, 1.165) is 26.4 Å². The van der Waals surface area contributed by atoms with E-state index in [2.05, 4.69) is 14.2 Å². The van der Waals surface area contributed by atoms with Crippen LogP contribution in [-0.4, -0.2) is 40.3 Å². The van der Waals surface area contributed by atoms with Gasteiger partial charge in [0.25, 0.3) is 0 Å². The number of benzene rings is 2. The topological polar surface area (TPSA) is 98.8 Å². The zero-order valence-electron chi connectivity index (χ0n) is 15.6. The minimum atomic E-state index is -4.14. The molecule has 0 radical (unpaired) electrons. The monoisotopic (exact) mass is 439 g/mol. The Morgan fingerprint density at radius 3 is 2.31 bits per heavy atom. The van der Waals surface area contributed by atoms with E-state index in [4.69, 9.17) is 0 Å². The molecule has 0 spiro atoms. The number of esters is 2. The van der Waals surface area contributed by atoms with E-state index in [1.807, 2.05) is 0 Å². The van der Waals surface area contributed by atoms with Crippen molar-refractivity contribution in [2.45, 2.75) is 22.3 Å². The first-order valence-corrected chi connectivity index (χ1v) is 11.0. The summed E-state index contributed by atoms with van der Waals surface area (Å²) < 4.78 is 51.9. The molecule has 3 rings (SSSR count). The van der Waals surface area contributed by atoms with Crippen LogP contribution < -0.4 is 4.72 Å². The van der Waals surface area contributed by atoms with Crippen LogP contribution in [0.3, 0.4) is 0 Å². The number of hydrogen-bond acceptors (Lipinski definition) is 7. The number of methoxy groups -OCH3 is 2. The lowest BCUT2D eigenvalue weighted by Gasteiger charge is -2.26. The molecule has 1 aliphatic heterocycles. The molecular formula is C19H18FNO6S2. The molecule has 154 valence electrons. The second-order valence-electron chi connectivity index (χ2n) is 6.20. The van der Waals surface area contributed by atoms with Crippen molar-refractivity contribution in [3.8, 4) is 0 Å². The smallest absolute Gasteiger partial charge is 0.337 e. The summed E-state index contributed by atoms with van der Waals surface area (Å²) in [6.45, 7) is 0. The Kier molecular flexibility index (Phi) is 6.25. The quantitative estimate of drug-likeness (QED) is 0.715. The highest BCUT2D eigenvalue weighted by atomic mass is 32.2. The number of halogens is 1. The number of sulfonamides is 1. The third-order valence-electron chi connectivity index (χ3n) is 4.38. The van der Waals surface area contributed by atoms with Crippen molar-refractivity contribution >= 4 is 33.7 Å². The van der Waals surface area contributed by atoms with Crippen molar-refractivity contribution < 1.29 is 31.9 Å². The average molecular weight is 439 g/mol. The molecular weight excluding hydrogens is 421 g/mol. The van der Waals surface area contributed by atoms with E-state index >= 15 is 0 Å². The Bertz CT molecular complexity index is 1040. The predicted molar refractivity (Wildman–Crippen MR) is 104 cm³/mol.